The third-order valence-corrected chi connectivity index (χ3v) is 10.5. The van der Waals surface area contributed by atoms with Gasteiger partial charge in [0.05, 0.1) is 11.8 Å². The Morgan fingerprint density at radius 2 is 1.02 bits per heavy atom. The zero-order valence-electron chi connectivity index (χ0n) is 29.9. The summed E-state index contributed by atoms with van der Waals surface area (Å²) >= 11 is 0. The van der Waals surface area contributed by atoms with Gasteiger partial charge in [0.2, 0.25) is 0 Å². The lowest BCUT2D eigenvalue weighted by molar-refractivity contribution is 0.0893. The molecule has 0 N–H and O–H groups in total. The van der Waals surface area contributed by atoms with Crippen LogP contribution in [0.2, 0.25) is 0 Å². The van der Waals surface area contributed by atoms with Crippen LogP contribution in [0.4, 0.5) is 5.69 Å². The van der Waals surface area contributed by atoms with Gasteiger partial charge in [0.15, 0.2) is 0 Å². The second-order valence-corrected chi connectivity index (χ2v) is 15.1. The van der Waals surface area contributed by atoms with Crippen LogP contribution in [0.15, 0.2) is 97.1 Å². The van der Waals surface area contributed by atoms with Gasteiger partial charge in [-0.05, 0) is 115 Å². The molecule has 0 aliphatic carbocycles. The van der Waals surface area contributed by atoms with Crippen molar-refractivity contribution >= 4 is 60.6 Å². The molecule has 1 aliphatic heterocycles. The number of benzene rings is 7. The molecule has 1 unspecified atom stereocenters. The monoisotopic (exact) mass is 657 g/mol. The van der Waals surface area contributed by atoms with Crippen molar-refractivity contribution in [3.8, 4) is 16.9 Å². The van der Waals surface area contributed by atoms with Crippen LogP contribution in [-0.4, -0.2) is 17.9 Å². The number of anilines is 1. The summed E-state index contributed by atoms with van der Waals surface area (Å²) in [6.45, 7) is 15.0. The van der Waals surface area contributed by atoms with Gasteiger partial charge in [0.25, 0.3) is 11.8 Å². The fourth-order valence-electron chi connectivity index (χ4n) is 8.37. The van der Waals surface area contributed by atoms with Gasteiger partial charge >= 0.3 is 0 Å². The summed E-state index contributed by atoms with van der Waals surface area (Å²) in [4.78, 5) is 30.6. The number of amides is 2. The van der Waals surface area contributed by atoms with Crippen LogP contribution in [0.5, 0.6) is 5.75 Å². The lowest BCUT2D eigenvalue weighted by Crippen LogP contribution is -2.41. The van der Waals surface area contributed by atoms with Gasteiger partial charge in [-0.1, -0.05) is 114 Å². The SMILES string of the molecule is CC(C)CC(C)Oc1ccc(-c2ccc3c4ccc5c6c(ccc(c7cccc2c73)c64)C(=O)N(c2c(C(C)C)cccc2C(C)C)C5=O)cc1. The number of fused-ring (bicyclic) bond motifs is 2. The zero-order chi connectivity index (χ0) is 35.0. The van der Waals surface area contributed by atoms with Crippen molar-refractivity contribution in [2.75, 3.05) is 4.90 Å². The molecule has 8 rings (SSSR count). The Hall–Kier alpha value is -5.22. The summed E-state index contributed by atoms with van der Waals surface area (Å²) in [5, 5.41) is 8.44. The number of rotatable bonds is 8. The minimum absolute atomic E-state index is 0.146. The van der Waals surface area contributed by atoms with Crippen LogP contribution in [0.1, 0.15) is 98.6 Å². The Balaban J connectivity index is 1.29. The second kappa shape index (κ2) is 12.0. The number of imide groups is 1. The molecule has 2 amide bonds. The molecule has 0 bridgehead atoms. The maximum atomic E-state index is 14.6. The molecule has 1 heterocycles. The molecule has 7 aromatic rings. The Morgan fingerprint density at radius 1 is 0.520 bits per heavy atom. The summed E-state index contributed by atoms with van der Waals surface area (Å²) in [5.41, 5.74) is 6.19. The molecule has 0 saturated carbocycles. The smallest absolute Gasteiger partial charge is 0.266 e. The average Bonchev–Trinajstić information content (AvgIpc) is 3.09. The summed E-state index contributed by atoms with van der Waals surface area (Å²) in [6.07, 6.45) is 1.17. The predicted octanol–water partition coefficient (Wildman–Crippen LogP) is 12.3. The number of hydrogen-bond donors (Lipinski definition) is 0. The maximum absolute atomic E-state index is 14.6. The number of carbonyl (C=O) groups is 2. The maximum Gasteiger partial charge on any atom is 0.266 e. The van der Waals surface area contributed by atoms with Crippen LogP contribution >= 0.6 is 0 Å². The third-order valence-electron chi connectivity index (χ3n) is 10.5. The fourth-order valence-corrected chi connectivity index (χ4v) is 8.37. The predicted molar refractivity (Wildman–Crippen MR) is 208 cm³/mol. The Kier molecular flexibility index (Phi) is 7.67. The van der Waals surface area contributed by atoms with Crippen molar-refractivity contribution in [1.82, 2.24) is 0 Å². The number of ether oxygens (including phenoxy) is 1. The standard InChI is InChI=1S/C46H43NO3/c1-25(2)24-28(7)50-30-16-14-29(15-17-30)33-18-19-36-38-21-23-40-43-39(22-20-37(42(38)43)35-13-9-12-34(33)41(35)36)45(48)47(46(40)49)44-31(26(3)4)10-8-11-32(44)27(5)6/h8-23,25-28H,24H2,1-7H3. The van der Waals surface area contributed by atoms with E-state index in [-0.39, 0.29) is 29.8 Å². The minimum atomic E-state index is -0.258. The number of nitrogens with zero attached hydrogens (tertiary/aromatic N) is 1. The van der Waals surface area contributed by atoms with Gasteiger partial charge in [0, 0.05) is 16.5 Å². The molecule has 0 spiro atoms. The van der Waals surface area contributed by atoms with E-state index in [4.69, 9.17) is 4.74 Å². The van der Waals surface area contributed by atoms with Gasteiger partial charge in [-0.2, -0.15) is 0 Å². The van der Waals surface area contributed by atoms with Crippen LogP contribution in [0.3, 0.4) is 0 Å². The van der Waals surface area contributed by atoms with Crippen molar-refractivity contribution < 1.29 is 14.3 Å². The van der Waals surface area contributed by atoms with E-state index in [1.807, 2.05) is 30.3 Å². The van der Waals surface area contributed by atoms with Gasteiger partial charge in [-0.15, -0.1) is 0 Å². The first kappa shape index (κ1) is 32.0. The third kappa shape index (κ3) is 4.87. The first-order chi connectivity index (χ1) is 24.0. The molecule has 1 aliphatic rings. The van der Waals surface area contributed by atoms with Crippen molar-refractivity contribution in [2.24, 2.45) is 5.92 Å². The fraction of sp³-hybridized carbons (Fsp3) is 0.261. The highest BCUT2D eigenvalue weighted by Gasteiger charge is 2.38. The lowest BCUT2D eigenvalue weighted by Gasteiger charge is -2.32. The van der Waals surface area contributed by atoms with Crippen LogP contribution in [-0.2, 0) is 0 Å². The zero-order valence-corrected chi connectivity index (χ0v) is 29.9. The van der Waals surface area contributed by atoms with Crippen LogP contribution in [0, 0.1) is 5.92 Å². The number of carbonyl (C=O) groups excluding carboxylic acids is 2. The molecule has 0 saturated heterocycles. The van der Waals surface area contributed by atoms with E-state index in [1.165, 1.54) is 15.7 Å². The topological polar surface area (TPSA) is 46.6 Å². The highest BCUT2D eigenvalue weighted by atomic mass is 16.5. The van der Waals surface area contributed by atoms with Crippen molar-refractivity contribution in [3.63, 3.8) is 0 Å². The van der Waals surface area contributed by atoms with E-state index in [1.54, 1.807) is 0 Å². The van der Waals surface area contributed by atoms with E-state index in [0.29, 0.717) is 17.0 Å². The van der Waals surface area contributed by atoms with E-state index in [9.17, 15) is 9.59 Å². The van der Waals surface area contributed by atoms with E-state index < -0.39 is 0 Å². The largest absolute Gasteiger partial charge is 0.491 e. The Morgan fingerprint density at radius 3 is 1.58 bits per heavy atom. The molecule has 7 aromatic carbocycles. The molecule has 0 aromatic heterocycles. The molecule has 0 radical (unpaired) electrons. The van der Waals surface area contributed by atoms with Crippen LogP contribution < -0.4 is 9.64 Å². The van der Waals surface area contributed by atoms with E-state index >= 15 is 0 Å². The summed E-state index contributed by atoms with van der Waals surface area (Å²) in [7, 11) is 0. The number of hydrogen-bond acceptors (Lipinski definition) is 3. The Labute approximate surface area is 294 Å². The van der Waals surface area contributed by atoms with Crippen molar-refractivity contribution in [2.45, 2.75) is 72.8 Å². The first-order valence-corrected chi connectivity index (χ1v) is 18.0. The molecule has 50 heavy (non-hydrogen) atoms. The normalized spacial score (nSPS) is 14.1. The van der Waals surface area contributed by atoms with Crippen molar-refractivity contribution in [1.29, 1.82) is 0 Å². The van der Waals surface area contributed by atoms with Gasteiger partial charge in [-0.3, -0.25) is 9.59 Å². The van der Waals surface area contributed by atoms with E-state index in [0.717, 1.165) is 72.4 Å². The summed E-state index contributed by atoms with van der Waals surface area (Å²) < 4.78 is 6.20. The van der Waals surface area contributed by atoms with Crippen LogP contribution in [0.25, 0.3) is 54.2 Å². The Bertz CT molecular complexity index is 2370. The number of para-hydroxylation sites is 1. The molecule has 1 atom stereocenters. The average molecular weight is 658 g/mol. The molecule has 4 nitrogen and oxygen atoms in total. The van der Waals surface area contributed by atoms with Gasteiger partial charge < -0.3 is 4.74 Å². The highest BCUT2D eigenvalue weighted by Crippen LogP contribution is 2.47. The molecular formula is C46H43NO3. The summed E-state index contributed by atoms with van der Waals surface area (Å²) in [6, 6.07) is 33.5. The second-order valence-electron chi connectivity index (χ2n) is 15.1. The highest BCUT2D eigenvalue weighted by molar-refractivity contribution is 6.42. The lowest BCUT2D eigenvalue weighted by atomic mass is 9.83. The first-order valence-electron chi connectivity index (χ1n) is 18.0. The van der Waals surface area contributed by atoms with Crippen molar-refractivity contribution in [3.05, 3.63) is 119 Å². The molecule has 250 valence electrons. The summed E-state index contributed by atoms with van der Waals surface area (Å²) in [5.74, 6) is 1.24. The molecule has 4 heteroatoms. The quantitative estimate of drug-likeness (QED) is 0.0928. The molecular weight excluding hydrogens is 615 g/mol. The molecule has 0 fully saturated rings. The van der Waals surface area contributed by atoms with E-state index in [2.05, 4.69) is 115 Å². The van der Waals surface area contributed by atoms with Gasteiger partial charge in [-0.25, -0.2) is 4.90 Å². The van der Waals surface area contributed by atoms with Gasteiger partial charge in [0.1, 0.15) is 5.75 Å². The minimum Gasteiger partial charge on any atom is -0.491 e.